The molecule has 0 aromatic heterocycles. The SMILES string of the molecule is COc1ccccc1C(N)=C(Cl)C(C)=NSC. The number of nitrogens with two attached hydrogens (primary N) is 1. The molecule has 0 amide bonds. The maximum absolute atomic E-state index is 6.18. The summed E-state index contributed by atoms with van der Waals surface area (Å²) in [5.41, 5.74) is 7.97. The molecular formula is C12H15ClN2OS. The minimum Gasteiger partial charge on any atom is -0.496 e. The van der Waals surface area contributed by atoms with Crippen molar-refractivity contribution in [2.45, 2.75) is 6.92 Å². The normalized spacial score (nSPS) is 13.3. The lowest BCUT2D eigenvalue weighted by Gasteiger charge is -2.10. The van der Waals surface area contributed by atoms with Gasteiger partial charge in [-0.25, -0.2) is 4.40 Å². The molecule has 0 saturated heterocycles. The molecule has 1 aromatic carbocycles. The number of allylic oxidation sites excluding steroid dienone is 1. The van der Waals surface area contributed by atoms with Crippen molar-refractivity contribution in [3.63, 3.8) is 0 Å². The van der Waals surface area contributed by atoms with Crippen LogP contribution in [0.1, 0.15) is 12.5 Å². The molecule has 1 aromatic rings. The van der Waals surface area contributed by atoms with Crippen molar-refractivity contribution in [1.29, 1.82) is 0 Å². The Morgan fingerprint density at radius 3 is 2.65 bits per heavy atom. The zero-order valence-electron chi connectivity index (χ0n) is 10.0. The topological polar surface area (TPSA) is 47.6 Å². The van der Waals surface area contributed by atoms with Crippen molar-refractivity contribution in [1.82, 2.24) is 0 Å². The van der Waals surface area contributed by atoms with Crippen LogP contribution in [-0.4, -0.2) is 19.1 Å². The van der Waals surface area contributed by atoms with Crippen LogP contribution in [0.2, 0.25) is 0 Å². The van der Waals surface area contributed by atoms with Gasteiger partial charge in [0.1, 0.15) is 5.75 Å². The molecule has 0 fully saturated rings. The summed E-state index contributed by atoms with van der Waals surface area (Å²) in [5, 5.41) is 0.448. The van der Waals surface area contributed by atoms with E-state index in [1.807, 2.05) is 37.4 Å². The number of ether oxygens (including phenoxy) is 1. The highest BCUT2D eigenvalue weighted by molar-refractivity contribution is 7.97. The van der Waals surface area contributed by atoms with Gasteiger partial charge in [-0.2, -0.15) is 0 Å². The molecule has 0 saturated carbocycles. The Labute approximate surface area is 111 Å². The average Bonchev–Trinajstić information content (AvgIpc) is 2.37. The third kappa shape index (κ3) is 3.41. The average molecular weight is 271 g/mol. The fourth-order valence-electron chi connectivity index (χ4n) is 1.36. The Hall–Kier alpha value is -1.13. The molecule has 0 aliphatic carbocycles. The van der Waals surface area contributed by atoms with Crippen LogP contribution in [0.5, 0.6) is 5.75 Å². The van der Waals surface area contributed by atoms with E-state index >= 15 is 0 Å². The number of hydrogen-bond donors (Lipinski definition) is 1. The van der Waals surface area contributed by atoms with Crippen LogP contribution in [0.3, 0.4) is 0 Å². The second-order valence-electron chi connectivity index (χ2n) is 3.29. The lowest BCUT2D eigenvalue weighted by Crippen LogP contribution is -2.05. The molecule has 0 radical (unpaired) electrons. The largest absolute Gasteiger partial charge is 0.496 e. The highest BCUT2D eigenvalue weighted by Gasteiger charge is 2.10. The van der Waals surface area contributed by atoms with Gasteiger partial charge in [-0.3, -0.25) is 0 Å². The molecule has 0 heterocycles. The van der Waals surface area contributed by atoms with E-state index in [0.717, 1.165) is 5.56 Å². The van der Waals surface area contributed by atoms with Crippen LogP contribution in [0.25, 0.3) is 5.70 Å². The molecule has 0 bridgehead atoms. The minimum absolute atomic E-state index is 0.448. The molecule has 2 N–H and O–H groups in total. The first-order valence-electron chi connectivity index (χ1n) is 4.98. The second-order valence-corrected chi connectivity index (χ2v) is 4.21. The Kier molecular flexibility index (Phi) is 5.38. The van der Waals surface area contributed by atoms with Crippen LogP contribution in [0, 0.1) is 0 Å². The smallest absolute Gasteiger partial charge is 0.128 e. The van der Waals surface area contributed by atoms with Crippen molar-refractivity contribution < 1.29 is 4.74 Å². The fourth-order valence-corrected chi connectivity index (χ4v) is 1.92. The van der Waals surface area contributed by atoms with Gasteiger partial charge in [0.15, 0.2) is 0 Å². The van der Waals surface area contributed by atoms with Crippen molar-refractivity contribution in [2.24, 2.45) is 10.1 Å². The zero-order chi connectivity index (χ0) is 12.8. The van der Waals surface area contributed by atoms with Gasteiger partial charge in [-0.1, -0.05) is 23.7 Å². The number of benzene rings is 1. The number of para-hydroxylation sites is 1. The summed E-state index contributed by atoms with van der Waals surface area (Å²) in [4.78, 5) is 0. The maximum atomic E-state index is 6.18. The van der Waals surface area contributed by atoms with E-state index < -0.39 is 0 Å². The van der Waals surface area contributed by atoms with E-state index in [0.29, 0.717) is 22.2 Å². The summed E-state index contributed by atoms with van der Waals surface area (Å²) in [6.07, 6.45) is 1.87. The number of methoxy groups -OCH3 is 1. The molecule has 5 heteroatoms. The highest BCUT2D eigenvalue weighted by atomic mass is 35.5. The maximum Gasteiger partial charge on any atom is 0.128 e. The molecule has 92 valence electrons. The molecule has 0 atom stereocenters. The zero-order valence-corrected chi connectivity index (χ0v) is 11.6. The predicted octanol–water partition coefficient (Wildman–Crippen LogP) is 3.30. The third-order valence-corrected chi connectivity index (χ3v) is 3.11. The van der Waals surface area contributed by atoms with Gasteiger partial charge in [0.2, 0.25) is 0 Å². The fraction of sp³-hybridized carbons (Fsp3) is 0.250. The molecule has 0 aliphatic rings. The standard InChI is InChI=1S/C12H15ClN2OS/c1-8(15-17-3)11(13)12(14)9-6-4-5-7-10(9)16-2/h4-7H,14H2,1-3H3. The van der Waals surface area contributed by atoms with Crippen LogP contribution < -0.4 is 10.5 Å². The summed E-state index contributed by atoms with van der Waals surface area (Å²) < 4.78 is 9.39. The van der Waals surface area contributed by atoms with E-state index in [4.69, 9.17) is 22.1 Å². The summed E-state index contributed by atoms with van der Waals surface area (Å²) in [6, 6.07) is 7.47. The van der Waals surface area contributed by atoms with Gasteiger partial charge in [0.05, 0.1) is 23.6 Å². The van der Waals surface area contributed by atoms with Gasteiger partial charge in [0, 0.05) is 11.8 Å². The molecule has 17 heavy (non-hydrogen) atoms. The molecule has 3 nitrogen and oxygen atoms in total. The Bertz CT molecular complexity index is 458. The van der Waals surface area contributed by atoms with Crippen molar-refractivity contribution >= 4 is 35.0 Å². The van der Waals surface area contributed by atoms with Gasteiger partial charge >= 0.3 is 0 Å². The summed E-state index contributed by atoms with van der Waals surface area (Å²) in [5.74, 6) is 0.695. The Morgan fingerprint density at radius 2 is 2.06 bits per heavy atom. The van der Waals surface area contributed by atoms with Gasteiger partial charge in [-0.15, -0.1) is 0 Å². The van der Waals surface area contributed by atoms with E-state index in [2.05, 4.69) is 4.40 Å². The van der Waals surface area contributed by atoms with Crippen LogP contribution in [0.15, 0.2) is 33.7 Å². The molecular weight excluding hydrogens is 256 g/mol. The molecule has 0 spiro atoms. The summed E-state index contributed by atoms with van der Waals surface area (Å²) in [6.45, 7) is 1.82. The Morgan fingerprint density at radius 1 is 1.41 bits per heavy atom. The van der Waals surface area contributed by atoms with Gasteiger partial charge in [0.25, 0.3) is 0 Å². The van der Waals surface area contributed by atoms with Gasteiger partial charge < -0.3 is 10.5 Å². The second kappa shape index (κ2) is 6.57. The first-order chi connectivity index (χ1) is 8.11. The first kappa shape index (κ1) is 13.9. The quantitative estimate of drug-likeness (QED) is 0.675. The number of nitrogens with zero attached hydrogens (tertiary/aromatic N) is 1. The van der Waals surface area contributed by atoms with Crippen LogP contribution >= 0.6 is 23.5 Å². The van der Waals surface area contributed by atoms with E-state index in [1.54, 1.807) is 7.11 Å². The lowest BCUT2D eigenvalue weighted by atomic mass is 10.1. The van der Waals surface area contributed by atoms with Gasteiger partial charge in [-0.05, 0) is 31.0 Å². The minimum atomic E-state index is 0.448. The lowest BCUT2D eigenvalue weighted by molar-refractivity contribution is 0.413. The van der Waals surface area contributed by atoms with E-state index in [9.17, 15) is 0 Å². The number of hydrogen-bond acceptors (Lipinski definition) is 4. The molecule has 0 aliphatic heterocycles. The van der Waals surface area contributed by atoms with Crippen LogP contribution in [0.4, 0.5) is 0 Å². The van der Waals surface area contributed by atoms with Crippen molar-refractivity contribution in [3.05, 3.63) is 34.9 Å². The van der Waals surface area contributed by atoms with Crippen molar-refractivity contribution in [2.75, 3.05) is 13.4 Å². The van der Waals surface area contributed by atoms with Crippen molar-refractivity contribution in [3.8, 4) is 5.75 Å². The molecule has 0 unspecified atom stereocenters. The summed E-state index contributed by atoms with van der Waals surface area (Å²) in [7, 11) is 1.60. The number of halogens is 1. The first-order valence-corrected chi connectivity index (χ1v) is 6.54. The third-order valence-electron chi connectivity index (χ3n) is 2.18. The monoisotopic (exact) mass is 270 g/mol. The Balaban J connectivity index is 3.23. The predicted molar refractivity (Wildman–Crippen MR) is 76.6 cm³/mol. The van der Waals surface area contributed by atoms with E-state index in [-0.39, 0.29) is 0 Å². The summed E-state index contributed by atoms with van der Waals surface area (Å²) >= 11 is 7.52. The van der Waals surface area contributed by atoms with Crippen LogP contribution in [-0.2, 0) is 0 Å². The number of rotatable bonds is 4. The molecule has 1 rings (SSSR count). The van der Waals surface area contributed by atoms with E-state index in [1.165, 1.54) is 11.9 Å². The highest BCUT2D eigenvalue weighted by Crippen LogP contribution is 2.26.